The molecule has 2 nitrogen and oxygen atoms in total. The van der Waals surface area contributed by atoms with Gasteiger partial charge in [-0.15, -0.1) is 11.3 Å². The largest absolute Gasteiger partial charge is 0.455 e. The molecule has 210 valence electrons. The first-order chi connectivity index (χ1) is 22.3. The molecular formula is C42H25NOS. The van der Waals surface area contributed by atoms with E-state index in [4.69, 9.17) is 4.42 Å². The van der Waals surface area contributed by atoms with Gasteiger partial charge < -0.3 is 8.98 Å². The van der Waals surface area contributed by atoms with Gasteiger partial charge in [-0.05, 0) is 53.1 Å². The van der Waals surface area contributed by atoms with Gasteiger partial charge in [0.1, 0.15) is 11.2 Å². The van der Waals surface area contributed by atoms with Crippen LogP contribution in [0.25, 0.3) is 91.9 Å². The second-order valence-electron chi connectivity index (χ2n) is 11.7. The predicted octanol–water partition coefficient (Wildman–Crippen LogP) is 12.4. The SMILES string of the molecule is c1ccc2c(c1)oc1c(-c3ccc(-c4ccc(-n5c6ccccc6c6ccc7sc8ccccc8c7c65)cc4)cc3)cccc12. The van der Waals surface area contributed by atoms with Gasteiger partial charge >= 0.3 is 0 Å². The second kappa shape index (κ2) is 9.43. The number of para-hydroxylation sites is 3. The first kappa shape index (κ1) is 24.8. The van der Waals surface area contributed by atoms with Crippen molar-refractivity contribution in [2.75, 3.05) is 0 Å². The van der Waals surface area contributed by atoms with Gasteiger partial charge in [0.15, 0.2) is 0 Å². The molecule has 10 rings (SSSR count). The van der Waals surface area contributed by atoms with E-state index in [9.17, 15) is 0 Å². The van der Waals surface area contributed by atoms with Gasteiger partial charge in [-0.2, -0.15) is 0 Å². The second-order valence-corrected chi connectivity index (χ2v) is 12.8. The van der Waals surface area contributed by atoms with Crippen LogP contribution in [0.15, 0.2) is 156 Å². The Labute approximate surface area is 263 Å². The summed E-state index contributed by atoms with van der Waals surface area (Å²) in [7, 11) is 0. The number of thiophene rings is 1. The van der Waals surface area contributed by atoms with E-state index in [2.05, 4.69) is 144 Å². The molecule has 7 aromatic carbocycles. The fourth-order valence-electron chi connectivity index (χ4n) is 7.15. The highest BCUT2D eigenvalue weighted by Gasteiger charge is 2.18. The lowest BCUT2D eigenvalue weighted by molar-refractivity contribution is 0.670. The molecule has 45 heavy (non-hydrogen) atoms. The molecule has 3 heterocycles. The van der Waals surface area contributed by atoms with E-state index in [1.807, 2.05) is 23.5 Å². The lowest BCUT2D eigenvalue weighted by atomic mass is 9.98. The van der Waals surface area contributed by atoms with Crippen LogP contribution in [0.1, 0.15) is 0 Å². The van der Waals surface area contributed by atoms with Crippen molar-refractivity contribution >= 4 is 75.3 Å². The third-order valence-electron chi connectivity index (χ3n) is 9.23. The van der Waals surface area contributed by atoms with Crippen LogP contribution in [0.4, 0.5) is 0 Å². The maximum atomic E-state index is 6.31. The summed E-state index contributed by atoms with van der Waals surface area (Å²) in [5.74, 6) is 0. The third-order valence-corrected chi connectivity index (χ3v) is 10.4. The maximum absolute atomic E-state index is 6.31. The fraction of sp³-hybridized carbons (Fsp3) is 0. The predicted molar refractivity (Wildman–Crippen MR) is 192 cm³/mol. The molecule has 0 spiro atoms. The summed E-state index contributed by atoms with van der Waals surface area (Å²) in [6.45, 7) is 0. The summed E-state index contributed by atoms with van der Waals surface area (Å²) in [5, 5.41) is 7.54. The lowest BCUT2D eigenvalue weighted by Gasteiger charge is -2.11. The molecule has 0 unspecified atom stereocenters. The van der Waals surface area contributed by atoms with Crippen molar-refractivity contribution in [3.8, 4) is 27.9 Å². The van der Waals surface area contributed by atoms with Gasteiger partial charge in [0.25, 0.3) is 0 Å². The van der Waals surface area contributed by atoms with E-state index in [0.717, 1.165) is 33.1 Å². The summed E-state index contributed by atoms with van der Waals surface area (Å²) in [6.07, 6.45) is 0. The maximum Gasteiger partial charge on any atom is 0.143 e. The Morgan fingerprint density at radius 2 is 1.11 bits per heavy atom. The van der Waals surface area contributed by atoms with Crippen molar-refractivity contribution < 1.29 is 4.42 Å². The van der Waals surface area contributed by atoms with E-state index in [1.54, 1.807) is 0 Å². The summed E-state index contributed by atoms with van der Waals surface area (Å²) < 4.78 is 11.4. The first-order valence-electron chi connectivity index (χ1n) is 15.3. The zero-order chi connectivity index (χ0) is 29.5. The molecule has 0 aliphatic carbocycles. The highest BCUT2D eigenvalue weighted by molar-refractivity contribution is 7.26. The summed E-state index contributed by atoms with van der Waals surface area (Å²) in [6, 6.07) is 54.7. The van der Waals surface area contributed by atoms with E-state index in [-0.39, 0.29) is 0 Å². The number of hydrogen-bond acceptors (Lipinski definition) is 2. The van der Waals surface area contributed by atoms with Crippen LogP contribution >= 0.6 is 11.3 Å². The molecule has 0 aliphatic rings. The molecule has 10 aromatic rings. The molecule has 0 atom stereocenters. The molecule has 3 aromatic heterocycles. The van der Waals surface area contributed by atoms with Crippen molar-refractivity contribution in [3.63, 3.8) is 0 Å². The molecule has 0 saturated carbocycles. The van der Waals surface area contributed by atoms with Crippen LogP contribution in [-0.2, 0) is 0 Å². The average Bonchev–Trinajstić information content (AvgIpc) is 3.78. The Hall–Kier alpha value is -5.64. The molecule has 3 heteroatoms. The Morgan fingerprint density at radius 3 is 1.96 bits per heavy atom. The van der Waals surface area contributed by atoms with Crippen molar-refractivity contribution in [2.45, 2.75) is 0 Å². The molecule has 0 aliphatic heterocycles. The van der Waals surface area contributed by atoms with E-state index in [1.165, 1.54) is 58.8 Å². The van der Waals surface area contributed by atoms with Crippen molar-refractivity contribution in [1.82, 2.24) is 4.57 Å². The molecular weight excluding hydrogens is 567 g/mol. The van der Waals surface area contributed by atoms with Crippen LogP contribution < -0.4 is 0 Å². The van der Waals surface area contributed by atoms with E-state index in [0.29, 0.717) is 0 Å². The van der Waals surface area contributed by atoms with Crippen molar-refractivity contribution in [3.05, 3.63) is 152 Å². The summed E-state index contributed by atoms with van der Waals surface area (Å²) in [5.41, 5.74) is 10.2. The van der Waals surface area contributed by atoms with Crippen molar-refractivity contribution in [1.29, 1.82) is 0 Å². The topological polar surface area (TPSA) is 18.1 Å². The Bertz CT molecular complexity index is 2740. The Morgan fingerprint density at radius 1 is 0.444 bits per heavy atom. The van der Waals surface area contributed by atoms with Gasteiger partial charge in [-0.1, -0.05) is 115 Å². The summed E-state index contributed by atoms with van der Waals surface area (Å²) in [4.78, 5) is 0. The third kappa shape index (κ3) is 3.62. The van der Waals surface area contributed by atoms with Gasteiger partial charge in [-0.3, -0.25) is 0 Å². The number of benzene rings is 7. The van der Waals surface area contributed by atoms with Gasteiger partial charge in [0.2, 0.25) is 0 Å². The minimum absolute atomic E-state index is 0.924. The average molecular weight is 592 g/mol. The van der Waals surface area contributed by atoms with Crippen LogP contribution in [0.3, 0.4) is 0 Å². The first-order valence-corrected chi connectivity index (χ1v) is 16.1. The van der Waals surface area contributed by atoms with Crippen LogP contribution in [0, 0.1) is 0 Å². The van der Waals surface area contributed by atoms with Crippen LogP contribution in [0.2, 0.25) is 0 Å². The molecule has 0 bridgehead atoms. The van der Waals surface area contributed by atoms with E-state index >= 15 is 0 Å². The number of hydrogen-bond donors (Lipinski definition) is 0. The standard InChI is InChI=1S/C42H25NOS/c1-4-13-36-31(8-1)33-24-25-39-40(35-10-3-6-15-38(35)45-39)41(33)43(36)29-22-20-27(21-23-29)26-16-18-28(19-17-26)30-11-7-12-34-32-9-2-5-14-37(32)44-42(30)34/h1-25H. The number of furan rings is 1. The number of fused-ring (bicyclic) bond motifs is 10. The fourth-order valence-corrected chi connectivity index (χ4v) is 8.26. The normalized spacial score (nSPS) is 12.0. The number of rotatable bonds is 3. The lowest BCUT2D eigenvalue weighted by Crippen LogP contribution is -1.94. The smallest absolute Gasteiger partial charge is 0.143 e. The zero-order valence-corrected chi connectivity index (χ0v) is 25.0. The Kier molecular flexibility index (Phi) is 5.19. The van der Waals surface area contributed by atoms with Crippen LogP contribution in [0.5, 0.6) is 0 Å². The monoisotopic (exact) mass is 591 g/mol. The van der Waals surface area contributed by atoms with E-state index < -0.39 is 0 Å². The molecule has 0 saturated heterocycles. The Balaban J connectivity index is 1.08. The highest BCUT2D eigenvalue weighted by Crippen LogP contribution is 2.43. The van der Waals surface area contributed by atoms with Gasteiger partial charge in [-0.25, -0.2) is 0 Å². The highest BCUT2D eigenvalue weighted by atomic mass is 32.1. The van der Waals surface area contributed by atoms with Crippen molar-refractivity contribution in [2.24, 2.45) is 0 Å². The van der Waals surface area contributed by atoms with Gasteiger partial charge in [0, 0.05) is 53.0 Å². The minimum atomic E-state index is 0.924. The number of nitrogens with zero attached hydrogens (tertiary/aromatic N) is 1. The molecule has 0 N–H and O–H groups in total. The summed E-state index contributed by atoms with van der Waals surface area (Å²) >= 11 is 1.87. The number of aromatic nitrogens is 1. The molecule has 0 amide bonds. The molecule has 0 fully saturated rings. The molecule has 0 radical (unpaired) electrons. The van der Waals surface area contributed by atoms with Crippen LogP contribution in [-0.4, -0.2) is 4.57 Å². The minimum Gasteiger partial charge on any atom is -0.455 e. The van der Waals surface area contributed by atoms with Gasteiger partial charge in [0.05, 0.1) is 11.0 Å². The zero-order valence-electron chi connectivity index (χ0n) is 24.2. The quantitative estimate of drug-likeness (QED) is 0.200.